The number of aromatic carboxylic acids is 1. The van der Waals surface area contributed by atoms with Crippen LogP contribution in [0.5, 0.6) is 0 Å². The lowest BCUT2D eigenvalue weighted by Gasteiger charge is -2.19. The summed E-state index contributed by atoms with van der Waals surface area (Å²) < 4.78 is 0. The zero-order valence-corrected chi connectivity index (χ0v) is 10.7. The second-order valence-corrected chi connectivity index (χ2v) is 5.02. The Balaban J connectivity index is 2.10. The van der Waals surface area contributed by atoms with Gasteiger partial charge >= 0.3 is 5.97 Å². The molecule has 2 aromatic rings. The molecule has 1 aliphatic rings. The number of rotatable bonds is 4. The number of aromatic nitrogens is 2. The maximum absolute atomic E-state index is 11.1. The summed E-state index contributed by atoms with van der Waals surface area (Å²) in [6.45, 7) is 0.917. The molecule has 1 N–H and O–H groups in total. The summed E-state index contributed by atoms with van der Waals surface area (Å²) >= 11 is 0. The van der Waals surface area contributed by atoms with Crippen LogP contribution >= 0.6 is 0 Å². The lowest BCUT2D eigenvalue weighted by atomic mass is 10.2. The van der Waals surface area contributed by atoms with Crippen LogP contribution in [-0.4, -0.2) is 34.6 Å². The Morgan fingerprint density at radius 1 is 1.37 bits per heavy atom. The highest BCUT2D eigenvalue weighted by atomic mass is 16.4. The molecule has 1 aromatic carbocycles. The van der Waals surface area contributed by atoms with Crippen molar-refractivity contribution in [1.29, 1.82) is 0 Å². The molecule has 1 aromatic heterocycles. The van der Waals surface area contributed by atoms with Crippen LogP contribution in [0.2, 0.25) is 0 Å². The molecule has 0 radical (unpaired) electrons. The van der Waals surface area contributed by atoms with E-state index in [1.54, 1.807) is 0 Å². The molecule has 1 aliphatic carbocycles. The molecule has 0 bridgehead atoms. The largest absolute Gasteiger partial charge is 0.475 e. The third-order valence-corrected chi connectivity index (χ3v) is 3.36. The van der Waals surface area contributed by atoms with Gasteiger partial charge in [-0.1, -0.05) is 12.1 Å². The normalized spacial score (nSPS) is 14.6. The second-order valence-electron chi connectivity index (χ2n) is 5.02. The predicted molar refractivity (Wildman–Crippen MR) is 72.5 cm³/mol. The molecular weight excluding hydrogens is 242 g/mol. The monoisotopic (exact) mass is 257 g/mol. The summed E-state index contributed by atoms with van der Waals surface area (Å²) in [5, 5.41) is 10.00. The fourth-order valence-corrected chi connectivity index (χ4v) is 2.22. The zero-order valence-electron chi connectivity index (χ0n) is 10.7. The first kappa shape index (κ1) is 11.9. The molecular formula is C14H15N3O2. The van der Waals surface area contributed by atoms with Crippen LogP contribution in [0.15, 0.2) is 24.3 Å². The maximum Gasteiger partial charge on any atom is 0.374 e. The van der Waals surface area contributed by atoms with Crippen molar-refractivity contribution < 1.29 is 9.90 Å². The summed E-state index contributed by atoms with van der Waals surface area (Å²) in [6.07, 6.45) is 2.50. The number of benzene rings is 1. The van der Waals surface area contributed by atoms with Crippen molar-refractivity contribution in [3.63, 3.8) is 0 Å². The number of para-hydroxylation sites is 1. The smallest absolute Gasteiger partial charge is 0.374 e. The fraction of sp³-hybridized carbons (Fsp3) is 0.357. The zero-order chi connectivity index (χ0) is 13.4. The van der Waals surface area contributed by atoms with E-state index in [1.165, 1.54) is 12.8 Å². The van der Waals surface area contributed by atoms with Gasteiger partial charge in [-0.3, -0.25) is 0 Å². The van der Waals surface area contributed by atoms with Crippen LogP contribution in [0, 0.1) is 5.92 Å². The first-order valence-corrected chi connectivity index (χ1v) is 6.36. The van der Waals surface area contributed by atoms with Crippen LogP contribution in [-0.2, 0) is 0 Å². The molecule has 1 heterocycles. The summed E-state index contributed by atoms with van der Waals surface area (Å²) in [5.41, 5.74) is 0.674. The van der Waals surface area contributed by atoms with Crippen molar-refractivity contribution >= 4 is 22.7 Å². The standard InChI is InChI=1S/C14H15N3O2/c1-17(8-9-6-7-9)13-10-4-2-3-5-11(10)15-12(16-13)14(18)19/h2-5,9H,6-8H2,1H3,(H,18,19). The number of nitrogens with zero attached hydrogens (tertiary/aromatic N) is 3. The molecule has 1 saturated carbocycles. The van der Waals surface area contributed by atoms with Crippen LogP contribution in [0.1, 0.15) is 23.5 Å². The highest BCUT2D eigenvalue weighted by Gasteiger charge is 2.24. The summed E-state index contributed by atoms with van der Waals surface area (Å²) in [5.74, 6) is 0.185. The van der Waals surface area contributed by atoms with Crippen molar-refractivity contribution in [2.45, 2.75) is 12.8 Å². The average molecular weight is 257 g/mol. The van der Waals surface area contributed by atoms with Gasteiger partial charge in [0.15, 0.2) is 0 Å². The van der Waals surface area contributed by atoms with E-state index in [-0.39, 0.29) is 5.82 Å². The Labute approximate surface area is 110 Å². The highest BCUT2D eigenvalue weighted by molar-refractivity contribution is 5.93. The number of anilines is 1. The molecule has 5 nitrogen and oxygen atoms in total. The van der Waals surface area contributed by atoms with Gasteiger partial charge in [0.1, 0.15) is 5.82 Å². The molecule has 98 valence electrons. The molecule has 0 spiro atoms. The van der Waals surface area contributed by atoms with E-state index in [0.717, 1.165) is 11.9 Å². The van der Waals surface area contributed by atoms with Gasteiger partial charge in [-0.05, 0) is 30.9 Å². The van der Waals surface area contributed by atoms with Gasteiger partial charge in [0.2, 0.25) is 5.82 Å². The first-order chi connectivity index (χ1) is 9.15. The molecule has 19 heavy (non-hydrogen) atoms. The van der Waals surface area contributed by atoms with E-state index in [9.17, 15) is 4.79 Å². The van der Waals surface area contributed by atoms with Crippen molar-refractivity contribution in [3.05, 3.63) is 30.1 Å². The van der Waals surface area contributed by atoms with Crippen molar-refractivity contribution in [3.8, 4) is 0 Å². The molecule has 0 saturated heterocycles. The van der Waals surface area contributed by atoms with E-state index in [2.05, 4.69) is 9.97 Å². The quantitative estimate of drug-likeness (QED) is 0.909. The first-order valence-electron chi connectivity index (χ1n) is 6.36. The number of carbonyl (C=O) groups is 1. The summed E-state index contributed by atoms with van der Waals surface area (Å²) in [6, 6.07) is 7.52. The lowest BCUT2D eigenvalue weighted by molar-refractivity contribution is 0.0684. The van der Waals surface area contributed by atoms with E-state index in [1.807, 2.05) is 36.2 Å². The molecule has 0 amide bonds. The number of fused-ring (bicyclic) bond motifs is 1. The topological polar surface area (TPSA) is 66.3 Å². The molecule has 0 unspecified atom stereocenters. The minimum atomic E-state index is -1.09. The van der Waals surface area contributed by atoms with Crippen molar-refractivity contribution in [1.82, 2.24) is 9.97 Å². The van der Waals surface area contributed by atoms with Gasteiger partial charge in [0.05, 0.1) is 5.52 Å². The van der Waals surface area contributed by atoms with Gasteiger partial charge in [0.25, 0.3) is 0 Å². The SMILES string of the molecule is CN(CC1CC1)c1nc(C(=O)O)nc2ccccc12. The van der Waals surface area contributed by atoms with Crippen LogP contribution in [0.25, 0.3) is 10.9 Å². The van der Waals surface area contributed by atoms with E-state index in [4.69, 9.17) is 5.11 Å². The predicted octanol–water partition coefficient (Wildman–Crippen LogP) is 2.17. The van der Waals surface area contributed by atoms with Crippen LogP contribution in [0.3, 0.4) is 0 Å². The highest BCUT2D eigenvalue weighted by Crippen LogP contribution is 2.32. The Kier molecular flexibility index (Phi) is 2.81. The van der Waals surface area contributed by atoms with Crippen molar-refractivity contribution in [2.24, 2.45) is 5.92 Å². The van der Waals surface area contributed by atoms with E-state index >= 15 is 0 Å². The maximum atomic E-state index is 11.1. The van der Waals surface area contributed by atoms with Crippen LogP contribution < -0.4 is 4.90 Å². The fourth-order valence-electron chi connectivity index (χ4n) is 2.22. The van der Waals surface area contributed by atoms with Gasteiger partial charge < -0.3 is 10.0 Å². The number of hydrogen-bond acceptors (Lipinski definition) is 4. The van der Waals surface area contributed by atoms with Crippen LogP contribution in [0.4, 0.5) is 5.82 Å². The third-order valence-electron chi connectivity index (χ3n) is 3.36. The third kappa shape index (κ3) is 2.36. The minimum absolute atomic E-state index is 0.142. The minimum Gasteiger partial charge on any atom is -0.475 e. The van der Waals surface area contributed by atoms with Gasteiger partial charge in [-0.25, -0.2) is 14.8 Å². The Morgan fingerprint density at radius 2 is 2.11 bits per heavy atom. The van der Waals surface area contributed by atoms with Crippen molar-refractivity contribution in [2.75, 3.05) is 18.5 Å². The van der Waals surface area contributed by atoms with E-state index in [0.29, 0.717) is 17.3 Å². The number of carboxylic acid groups (broad SMARTS) is 1. The Bertz CT molecular complexity index is 638. The summed E-state index contributed by atoms with van der Waals surface area (Å²) in [7, 11) is 1.96. The molecule has 5 heteroatoms. The number of carboxylic acids is 1. The number of hydrogen-bond donors (Lipinski definition) is 1. The molecule has 0 atom stereocenters. The average Bonchev–Trinajstić information content (AvgIpc) is 3.21. The van der Waals surface area contributed by atoms with E-state index < -0.39 is 5.97 Å². The Hall–Kier alpha value is -2.17. The molecule has 3 rings (SSSR count). The molecule has 1 fully saturated rings. The lowest BCUT2D eigenvalue weighted by Crippen LogP contribution is -2.22. The van der Waals surface area contributed by atoms with Gasteiger partial charge in [-0.2, -0.15) is 0 Å². The second kappa shape index (κ2) is 4.50. The van der Waals surface area contributed by atoms with Gasteiger partial charge in [-0.15, -0.1) is 0 Å². The summed E-state index contributed by atoms with van der Waals surface area (Å²) in [4.78, 5) is 21.4. The Morgan fingerprint density at radius 3 is 2.79 bits per heavy atom. The molecule has 0 aliphatic heterocycles. The van der Waals surface area contributed by atoms with Gasteiger partial charge in [0, 0.05) is 19.0 Å².